The number of anilines is 3. The Hall–Kier alpha value is -6.44. The minimum atomic E-state index is -0.458. The van der Waals surface area contributed by atoms with Crippen LogP contribution < -0.4 is 4.90 Å². The summed E-state index contributed by atoms with van der Waals surface area (Å²) in [6.07, 6.45) is 0. The maximum atomic E-state index is 8.62. The second-order valence-electron chi connectivity index (χ2n) is 11.4. The Kier molecular flexibility index (Phi) is 5.81. The maximum absolute atomic E-state index is 8.62. The van der Waals surface area contributed by atoms with Crippen molar-refractivity contribution in [2.75, 3.05) is 4.90 Å². The van der Waals surface area contributed by atoms with Gasteiger partial charge in [0.15, 0.2) is 0 Å². The molecule has 0 fully saturated rings. The second-order valence-corrected chi connectivity index (χ2v) is 11.4. The van der Waals surface area contributed by atoms with Gasteiger partial charge in [0.2, 0.25) is 0 Å². The van der Waals surface area contributed by atoms with Gasteiger partial charge in [0.05, 0.1) is 19.4 Å². The molecular formula is C48H35N. The Morgan fingerprint density at radius 1 is 0.306 bits per heavy atom. The Bertz CT molecular complexity index is 2690. The van der Waals surface area contributed by atoms with Crippen LogP contribution in [0.5, 0.6) is 0 Å². The van der Waals surface area contributed by atoms with Gasteiger partial charge in [-0.2, -0.15) is 0 Å². The predicted molar refractivity (Wildman–Crippen MR) is 208 cm³/mol. The summed E-state index contributed by atoms with van der Waals surface area (Å²) in [6, 6.07) is 45.3. The molecule has 232 valence electrons. The molecule has 0 spiro atoms. The zero-order chi connectivity index (χ0) is 41.5. The highest BCUT2D eigenvalue weighted by molar-refractivity contribution is 6.01. The molecular weight excluding hydrogens is 591 g/mol. The lowest BCUT2D eigenvalue weighted by Crippen LogP contribution is -2.12. The molecule has 0 heterocycles. The van der Waals surface area contributed by atoms with Gasteiger partial charge in [-0.1, -0.05) is 182 Å². The lowest BCUT2D eigenvalue weighted by molar-refractivity contribution is 1.28. The summed E-state index contributed by atoms with van der Waals surface area (Å²) in [7, 11) is 0. The van der Waals surface area contributed by atoms with Crippen molar-refractivity contribution in [1.29, 1.82) is 0 Å². The number of nitrogens with zero attached hydrogens (tertiary/aromatic N) is 1. The van der Waals surface area contributed by atoms with Crippen LogP contribution in [0.3, 0.4) is 0 Å². The third-order valence-corrected chi connectivity index (χ3v) is 8.48. The molecule has 0 aliphatic heterocycles. The first kappa shape index (κ1) is 20.7. The highest BCUT2D eigenvalue weighted by atomic mass is 15.1. The van der Waals surface area contributed by atoms with Crippen LogP contribution in [0, 0.1) is 0 Å². The fourth-order valence-electron chi connectivity index (χ4n) is 6.21. The minimum Gasteiger partial charge on any atom is -0.310 e. The highest BCUT2D eigenvalue weighted by Crippen LogP contribution is 2.48. The second kappa shape index (κ2) is 13.7. The van der Waals surface area contributed by atoms with Crippen LogP contribution in [0.25, 0.3) is 55.6 Å². The largest absolute Gasteiger partial charge is 0.310 e. The molecule has 1 heteroatoms. The van der Waals surface area contributed by atoms with Crippen LogP contribution in [-0.2, 0) is 0 Å². The average Bonchev–Trinajstić information content (AvgIpc) is 3.28. The molecule has 0 saturated heterocycles. The predicted octanol–water partition coefficient (Wildman–Crippen LogP) is 13.5. The zero-order valence-electron chi connectivity index (χ0n) is 36.4. The number of rotatable bonds is 8. The van der Waals surface area contributed by atoms with Crippen molar-refractivity contribution < 1.29 is 13.7 Å². The van der Waals surface area contributed by atoms with E-state index in [1.54, 1.807) is 24.3 Å². The molecule has 49 heavy (non-hydrogen) atoms. The first-order valence-corrected chi connectivity index (χ1v) is 16.0. The summed E-state index contributed by atoms with van der Waals surface area (Å²) in [6.45, 7) is 0. The lowest BCUT2D eigenvalue weighted by Gasteiger charge is -2.30. The van der Waals surface area contributed by atoms with E-state index in [1.165, 1.54) is 0 Å². The molecule has 8 aromatic rings. The van der Waals surface area contributed by atoms with E-state index in [9.17, 15) is 0 Å². The van der Waals surface area contributed by atoms with Gasteiger partial charge in [-0.15, -0.1) is 0 Å². The summed E-state index contributed by atoms with van der Waals surface area (Å²) in [5, 5.41) is 0. The number of hydrogen-bond donors (Lipinski definition) is 0. The molecule has 0 saturated carbocycles. The van der Waals surface area contributed by atoms with Crippen molar-refractivity contribution in [3.05, 3.63) is 212 Å². The van der Waals surface area contributed by atoms with Crippen LogP contribution >= 0.6 is 0 Å². The van der Waals surface area contributed by atoms with Crippen LogP contribution in [0.1, 0.15) is 13.7 Å². The lowest BCUT2D eigenvalue weighted by atomic mass is 9.87. The standard InChI is InChI=1S/C48H35N/c1-5-16-36(17-6-1)38-28-32-42(33-29-38)49(43-34-30-39(31-35-43)37-18-7-2-8-19-37)47-27-15-26-45(41-22-11-4-12-23-41)48(47)46-25-14-13-24-44(46)40-20-9-3-10-21-40/h1-35H/i1D,2D,5D,6D,7D,8D,16D,17D,18D,19D. The fraction of sp³-hybridized carbons (Fsp3) is 0. The van der Waals surface area contributed by atoms with E-state index in [4.69, 9.17) is 13.7 Å². The van der Waals surface area contributed by atoms with E-state index in [1.807, 2.05) is 84.9 Å². The van der Waals surface area contributed by atoms with Crippen LogP contribution in [0.2, 0.25) is 0 Å². The quantitative estimate of drug-likeness (QED) is 0.161. The van der Waals surface area contributed by atoms with Gasteiger partial charge in [-0.3, -0.25) is 0 Å². The summed E-state index contributed by atoms with van der Waals surface area (Å²) in [5.41, 5.74) is 9.24. The Morgan fingerprint density at radius 3 is 1.24 bits per heavy atom. The van der Waals surface area contributed by atoms with E-state index < -0.39 is 36.3 Å². The molecule has 0 N–H and O–H groups in total. The van der Waals surface area contributed by atoms with Gasteiger partial charge in [-0.05, 0) is 80.4 Å². The fourth-order valence-corrected chi connectivity index (χ4v) is 6.21. The third kappa shape index (κ3) is 6.18. The van der Waals surface area contributed by atoms with Crippen molar-refractivity contribution in [2.24, 2.45) is 0 Å². The first-order chi connectivity index (χ1) is 28.5. The molecule has 0 amide bonds. The van der Waals surface area contributed by atoms with Crippen LogP contribution in [-0.4, -0.2) is 0 Å². The average molecular weight is 636 g/mol. The minimum absolute atomic E-state index is 0.0978. The van der Waals surface area contributed by atoms with Gasteiger partial charge in [0.1, 0.15) is 0 Å². The van der Waals surface area contributed by atoms with Gasteiger partial charge >= 0.3 is 0 Å². The van der Waals surface area contributed by atoms with Crippen molar-refractivity contribution in [2.45, 2.75) is 0 Å². The third-order valence-electron chi connectivity index (χ3n) is 8.48. The summed E-state index contributed by atoms with van der Waals surface area (Å²) in [4.78, 5) is 2.07. The van der Waals surface area contributed by atoms with Gasteiger partial charge in [0.25, 0.3) is 0 Å². The van der Waals surface area contributed by atoms with E-state index in [2.05, 4.69) is 47.4 Å². The first-order valence-electron chi connectivity index (χ1n) is 21.0. The summed E-state index contributed by atoms with van der Waals surface area (Å²) < 4.78 is 83.7. The molecule has 0 aliphatic rings. The normalized spacial score (nSPS) is 13.7. The van der Waals surface area contributed by atoms with Crippen LogP contribution in [0.15, 0.2) is 212 Å². The van der Waals surface area contributed by atoms with E-state index in [0.29, 0.717) is 22.5 Å². The Balaban J connectivity index is 1.39. The van der Waals surface area contributed by atoms with E-state index in [0.717, 1.165) is 39.1 Å². The van der Waals surface area contributed by atoms with Crippen LogP contribution in [0.4, 0.5) is 17.1 Å². The van der Waals surface area contributed by atoms with E-state index in [-0.39, 0.29) is 35.3 Å². The molecule has 0 aliphatic carbocycles. The highest BCUT2D eigenvalue weighted by Gasteiger charge is 2.22. The Labute approximate surface area is 303 Å². The van der Waals surface area contributed by atoms with Crippen molar-refractivity contribution >= 4 is 17.1 Å². The van der Waals surface area contributed by atoms with Gasteiger partial charge in [-0.25, -0.2) is 0 Å². The number of hydrogen-bond acceptors (Lipinski definition) is 1. The molecule has 0 atom stereocenters. The van der Waals surface area contributed by atoms with Crippen molar-refractivity contribution in [3.63, 3.8) is 0 Å². The monoisotopic (exact) mass is 635 g/mol. The molecule has 0 radical (unpaired) electrons. The summed E-state index contributed by atoms with van der Waals surface area (Å²) >= 11 is 0. The molecule has 0 aromatic heterocycles. The van der Waals surface area contributed by atoms with E-state index >= 15 is 0 Å². The van der Waals surface area contributed by atoms with Gasteiger partial charge in [0, 0.05) is 16.9 Å². The topological polar surface area (TPSA) is 3.24 Å². The Morgan fingerprint density at radius 2 is 0.735 bits per heavy atom. The van der Waals surface area contributed by atoms with Crippen molar-refractivity contribution in [3.8, 4) is 55.6 Å². The molecule has 8 aromatic carbocycles. The molecule has 8 rings (SSSR count). The molecule has 1 nitrogen and oxygen atoms in total. The molecule has 0 unspecified atom stereocenters. The summed E-state index contributed by atoms with van der Waals surface area (Å²) in [5.74, 6) is 0. The SMILES string of the molecule is [2H]c1c([2H])c([2H])c(-c2ccc(N(c3ccc(-c4c([2H])c([2H])c([2H])c([2H])c4[2H])cc3)c3cccc(-c4ccccc4)c3-c3ccccc3-c3ccccc3)cc2)c([2H])c1[2H]. The van der Waals surface area contributed by atoms with Gasteiger partial charge < -0.3 is 4.90 Å². The molecule has 0 bridgehead atoms. The number of benzene rings is 8. The smallest absolute Gasteiger partial charge is 0.0629 e. The van der Waals surface area contributed by atoms with Crippen molar-refractivity contribution in [1.82, 2.24) is 0 Å². The maximum Gasteiger partial charge on any atom is 0.0629 e. The zero-order valence-corrected chi connectivity index (χ0v) is 26.4.